The van der Waals surface area contributed by atoms with E-state index in [0.29, 0.717) is 0 Å². The molecular weight excluding hydrogens is 350 g/mol. The number of hydrogen-bond donors (Lipinski definition) is 0. The second-order valence-corrected chi connectivity index (χ2v) is 8.49. The van der Waals surface area contributed by atoms with Gasteiger partial charge in [0.25, 0.3) is 0 Å². The molecule has 0 amide bonds. The van der Waals surface area contributed by atoms with E-state index < -0.39 is 0 Å². The van der Waals surface area contributed by atoms with Gasteiger partial charge >= 0.3 is 0 Å². The van der Waals surface area contributed by atoms with Crippen LogP contribution in [0.5, 0.6) is 0 Å². The highest BCUT2D eigenvalue weighted by atomic mass is 14.7. The molecule has 146 valence electrons. The molecule has 4 rings (SSSR count). The normalized spacial score (nSPS) is 11.4. The average molecular weight is 380 g/mol. The first-order valence-corrected chi connectivity index (χ1v) is 10.4. The van der Waals surface area contributed by atoms with Gasteiger partial charge in [-0.1, -0.05) is 59.7 Å². The molecule has 4 aromatic rings. The lowest BCUT2D eigenvalue weighted by atomic mass is 9.78. The predicted octanol–water partition coefficient (Wildman–Crippen LogP) is 7.27. The topological polar surface area (TPSA) is 12.9 Å². The van der Waals surface area contributed by atoms with Crippen molar-refractivity contribution in [2.75, 3.05) is 0 Å². The molecule has 0 N–H and O–H groups in total. The molecule has 1 heteroatoms. The van der Waals surface area contributed by atoms with Crippen molar-refractivity contribution in [2.45, 2.75) is 47.5 Å². The summed E-state index contributed by atoms with van der Waals surface area (Å²) in [6.45, 7) is 13.3. The van der Waals surface area contributed by atoms with Crippen LogP contribution in [-0.2, 0) is 0 Å². The number of nitrogens with zero attached hydrogens (tertiary/aromatic N) is 1. The first kappa shape index (κ1) is 19.4. The smallest absolute Gasteiger partial charge is 0.0705 e. The summed E-state index contributed by atoms with van der Waals surface area (Å²) < 4.78 is 0. The van der Waals surface area contributed by atoms with Crippen LogP contribution in [0.2, 0.25) is 0 Å². The lowest BCUT2D eigenvalue weighted by molar-refractivity contribution is 0.885. The molecular formula is C28H29N. The van der Waals surface area contributed by atoms with E-state index in [1.165, 1.54) is 49.9 Å². The fourth-order valence-corrected chi connectivity index (χ4v) is 4.98. The molecule has 0 saturated carbocycles. The van der Waals surface area contributed by atoms with Crippen molar-refractivity contribution < 1.29 is 0 Å². The minimum absolute atomic E-state index is 0.126. The van der Waals surface area contributed by atoms with Crippen LogP contribution < -0.4 is 0 Å². The minimum atomic E-state index is 0.126. The van der Waals surface area contributed by atoms with E-state index in [0.717, 1.165) is 11.2 Å². The SMILES string of the molecule is Cc1cc(C)c(C(c2ccc3ccccc3n2)c2c(C)cc(C)cc2C)c(C)c1. The fourth-order valence-electron chi connectivity index (χ4n) is 4.98. The summed E-state index contributed by atoms with van der Waals surface area (Å²) in [5.41, 5.74) is 12.9. The van der Waals surface area contributed by atoms with Crippen LogP contribution in [0.4, 0.5) is 0 Å². The Morgan fingerprint density at radius 2 is 1.07 bits per heavy atom. The van der Waals surface area contributed by atoms with E-state index in [1.54, 1.807) is 0 Å². The molecule has 0 saturated heterocycles. The molecule has 29 heavy (non-hydrogen) atoms. The number of aromatic nitrogens is 1. The fraction of sp³-hybridized carbons (Fsp3) is 0.250. The standard InChI is InChI=1S/C28H29N/c1-17-13-19(3)26(20(4)14-17)28(27-21(5)15-18(2)16-22(27)6)25-12-11-23-9-7-8-10-24(23)29-25/h7-16,28H,1-6H3. The van der Waals surface area contributed by atoms with Crippen molar-refractivity contribution >= 4 is 10.9 Å². The van der Waals surface area contributed by atoms with Gasteiger partial charge in [0, 0.05) is 5.39 Å². The molecule has 0 spiro atoms. The number of para-hydroxylation sites is 1. The van der Waals surface area contributed by atoms with Crippen LogP contribution in [0.25, 0.3) is 10.9 Å². The van der Waals surface area contributed by atoms with E-state index >= 15 is 0 Å². The molecule has 0 fully saturated rings. The average Bonchev–Trinajstić information content (AvgIpc) is 2.65. The highest BCUT2D eigenvalue weighted by Gasteiger charge is 2.25. The molecule has 1 aromatic heterocycles. The number of fused-ring (bicyclic) bond motifs is 1. The van der Waals surface area contributed by atoms with E-state index in [4.69, 9.17) is 4.98 Å². The number of benzene rings is 3. The van der Waals surface area contributed by atoms with Crippen molar-refractivity contribution in [1.82, 2.24) is 4.98 Å². The van der Waals surface area contributed by atoms with Gasteiger partial charge in [0.2, 0.25) is 0 Å². The second kappa shape index (κ2) is 7.48. The predicted molar refractivity (Wildman–Crippen MR) is 124 cm³/mol. The summed E-state index contributed by atoms with van der Waals surface area (Å²) in [5.74, 6) is 0.126. The molecule has 0 radical (unpaired) electrons. The van der Waals surface area contributed by atoms with Gasteiger partial charge in [-0.2, -0.15) is 0 Å². The molecule has 0 atom stereocenters. The maximum Gasteiger partial charge on any atom is 0.0705 e. The van der Waals surface area contributed by atoms with Crippen LogP contribution in [0.15, 0.2) is 60.7 Å². The molecule has 0 aliphatic heterocycles. The molecule has 0 bridgehead atoms. The van der Waals surface area contributed by atoms with Gasteiger partial charge in [0.1, 0.15) is 0 Å². The zero-order valence-electron chi connectivity index (χ0n) is 18.3. The minimum Gasteiger partial charge on any atom is -0.252 e. The zero-order chi connectivity index (χ0) is 20.7. The Labute approximate surface area is 174 Å². The van der Waals surface area contributed by atoms with Crippen LogP contribution in [0, 0.1) is 41.5 Å². The lowest BCUT2D eigenvalue weighted by Gasteiger charge is -2.26. The largest absolute Gasteiger partial charge is 0.252 e. The first-order chi connectivity index (χ1) is 13.8. The van der Waals surface area contributed by atoms with Gasteiger partial charge in [-0.25, -0.2) is 0 Å². The highest BCUT2D eigenvalue weighted by molar-refractivity contribution is 5.78. The Kier molecular flexibility index (Phi) is 5.00. The van der Waals surface area contributed by atoms with Crippen molar-refractivity contribution in [1.29, 1.82) is 0 Å². The van der Waals surface area contributed by atoms with Gasteiger partial charge in [0.05, 0.1) is 17.1 Å². The zero-order valence-corrected chi connectivity index (χ0v) is 18.3. The Balaban J connectivity index is 2.05. The molecule has 1 heterocycles. The summed E-state index contributed by atoms with van der Waals surface area (Å²) in [6, 6.07) is 22.0. The number of hydrogen-bond acceptors (Lipinski definition) is 1. The van der Waals surface area contributed by atoms with Gasteiger partial charge < -0.3 is 0 Å². The monoisotopic (exact) mass is 379 g/mol. The summed E-state index contributed by atoms with van der Waals surface area (Å²) >= 11 is 0. The van der Waals surface area contributed by atoms with Crippen molar-refractivity contribution in [3.8, 4) is 0 Å². The van der Waals surface area contributed by atoms with Gasteiger partial charge in [-0.15, -0.1) is 0 Å². The Morgan fingerprint density at radius 3 is 1.59 bits per heavy atom. The molecule has 0 aliphatic carbocycles. The lowest BCUT2D eigenvalue weighted by Crippen LogP contribution is -2.13. The van der Waals surface area contributed by atoms with Gasteiger partial charge in [-0.05, 0) is 87.1 Å². The van der Waals surface area contributed by atoms with Crippen molar-refractivity contribution in [2.24, 2.45) is 0 Å². The number of pyridine rings is 1. The third-order valence-corrected chi connectivity index (χ3v) is 5.97. The van der Waals surface area contributed by atoms with Crippen molar-refractivity contribution in [3.05, 3.63) is 111 Å². The third-order valence-electron chi connectivity index (χ3n) is 5.97. The molecule has 0 aliphatic rings. The molecule has 3 aromatic carbocycles. The number of rotatable bonds is 3. The van der Waals surface area contributed by atoms with Gasteiger partial charge in [-0.3, -0.25) is 4.98 Å². The summed E-state index contributed by atoms with van der Waals surface area (Å²) in [4.78, 5) is 5.14. The van der Waals surface area contributed by atoms with Crippen LogP contribution in [0.3, 0.4) is 0 Å². The van der Waals surface area contributed by atoms with Crippen LogP contribution in [0.1, 0.15) is 56.1 Å². The van der Waals surface area contributed by atoms with Gasteiger partial charge in [0.15, 0.2) is 0 Å². The maximum atomic E-state index is 5.14. The first-order valence-electron chi connectivity index (χ1n) is 10.4. The number of aryl methyl sites for hydroxylation is 6. The summed E-state index contributed by atoms with van der Waals surface area (Å²) in [7, 11) is 0. The summed E-state index contributed by atoms with van der Waals surface area (Å²) in [5, 5.41) is 1.18. The van der Waals surface area contributed by atoms with Crippen molar-refractivity contribution in [3.63, 3.8) is 0 Å². The van der Waals surface area contributed by atoms with E-state index in [1.807, 2.05) is 0 Å². The Hall–Kier alpha value is -2.93. The maximum absolute atomic E-state index is 5.14. The molecule has 1 nitrogen and oxygen atoms in total. The van der Waals surface area contributed by atoms with E-state index in [2.05, 4.69) is 102 Å². The Morgan fingerprint density at radius 1 is 0.586 bits per heavy atom. The summed E-state index contributed by atoms with van der Waals surface area (Å²) in [6.07, 6.45) is 0. The van der Waals surface area contributed by atoms with E-state index in [9.17, 15) is 0 Å². The van der Waals surface area contributed by atoms with Crippen LogP contribution >= 0.6 is 0 Å². The molecule has 0 unspecified atom stereocenters. The third kappa shape index (κ3) is 3.58. The highest BCUT2D eigenvalue weighted by Crippen LogP contribution is 2.39. The Bertz CT molecular complexity index is 1110. The van der Waals surface area contributed by atoms with Crippen LogP contribution in [-0.4, -0.2) is 4.98 Å². The quantitative estimate of drug-likeness (QED) is 0.365. The van der Waals surface area contributed by atoms with E-state index in [-0.39, 0.29) is 5.92 Å². The second-order valence-electron chi connectivity index (χ2n) is 8.49.